The molecule has 3 aromatic rings. The molecule has 0 fully saturated rings. The molecule has 21 heavy (non-hydrogen) atoms. The van der Waals surface area contributed by atoms with E-state index in [-0.39, 0.29) is 0 Å². The Hall–Kier alpha value is -2.05. The summed E-state index contributed by atoms with van der Waals surface area (Å²) in [5.74, 6) is 0.571. The van der Waals surface area contributed by atoms with Crippen molar-refractivity contribution in [2.75, 3.05) is 0 Å². The highest BCUT2D eigenvalue weighted by atomic mass is 79.9. The molecule has 0 radical (unpaired) electrons. The van der Waals surface area contributed by atoms with E-state index in [4.69, 9.17) is 0 Å². The van der Waals surface area contributed by atoms with Gasteiger partial charge in [0.15, 0.2) is 0 Å². The van der Waals surface area contributed by atoms with Crippen molar-refractivity contribution in [3.63, 3.8) is 0 Å². The maximum atomic E-state index is 9.59. The third-order valence-electron chi connectivity index (χ3n) is 3.12. The van der Waals surface area contributed by atoms with Gasteiger partial charge in [0.25, 0.3) is 0 Å². The molecule has 106 valence electrons. The lowest BCUT2D eigenvalue weighted by Gasteiger charge is -2.07. The van der Waals surface area contributed by atoms with Crippen molar-refractivity contribution in [2.24, 2.45) is 0 Å². The predicted molar refractivity (Wildman–Crippen MR) is 82.9 cm³/mol. The van der Waals surface area contributed by atoms with Crippen molar-refractivity contribution < 1.29 is 5.11 Å². The van der Waals surface area contributed by atoms with Crippen molar-refractivity contribution >= 4 is 15.9 Å². The monoisotopic (exact) mass is 344 g/mol. The number of halogens is 1. The predicted octanol–water partition coefficient (Wildman–Crippen LogP) is 3.15. The molecule has 3 rings (SSSR count). The quantitative estimate of drug-likeness (QED) is 0.792. The Morgan fingerprint density at radius 2 is 1.90 bits per heavy atom. The first-order valence-electron chi connectivity index (χ1n) is 6.48. The molecule has 0 aliphatic heterocycles. The third kappa shape index (κ3) is 2.86. The van der Waals surface area contributed by atoms with Crippen molar-refractivity contribution in [2.45, 2.75) is 13.0 Å². The van der Waals surface area contributed by atoms with Gasteiger partial charge in [-0.2, -0.15) is 0 Å². The smallest absolute Gasteiger partial charge is 0.205 e. The van der Waals surface area contributed by atoms with Crippen molar-refractivity contribution in [1.82, 2.24) is 20.2 Å². The van der Waals surface area contributed by atoms with Gasteiger partial charge in [0.05, 0.1) is 6.10 Å². The zero-order valence-corrected chi connectivity index (χ0v) is 12.9. The van der Waals surface area contributed by atoms with Gasteiger partial charge in [-0.3, -0.25) is 0 Å². The fourth-order valence-electron chi connectivity index (χ4n) is 1.96. The van der Waals surface area contributed by atoms with Crippen LogP contribution < -0.4 is 0 Å². The minimum atomic E-state index is -0.515. The highest BCUT2D eigenvalue weighted by Crippen LogP contribution is 2.25. The van der Waals surface area contributed by atoms with Gasteiger partial charge in [-0.05, 0) is 45.8 Å². The Labute approximate surface area is 130 Å². The van der Waals surface area contributed by atoms with Crippen LogP contribution in [-0.2, 0) is 0 Å². The molecule has 0 aliphatic rings. The van der Waals surface area contributed by atoms with E-state index in [1.54, 1.807) is 6.92 Å². The summed E-state index contributed by atoms with van der Waals surface area (Å²) in [6, 6.07) is 15.2. The van der Waals surface area contributed by atoms with E-state index in [0.29, 0.717) is 5.82 Å². The SMILES string of the molecule is C[C@H](O)c1ccc(-n2nnc(-c3ccccc3)n2)c(Br)c1. The molecule has 0 saturated heterocycles. The Balaban J connectivity index is 1.97. The number of hydrogen-bond acceptors (Lipinski definition) is 4. The van der Waals surface area contributed by atoms with Gasteiger partial charge in [0, 0.05) is 10.0 Å². The molecule has 5 nitrogen and oxygen atoms in total. The largest absolute Gasteiger partial charge is 0.389 e. The lowest BCUT2D eigenvalue weighted by atomic mass is 10.1. The first-order valence-corrected chi connectivity index (χ1v) is 7.28. The number of aromatic nitrogens is 4. The van der Waals surface area contributed by atoms with Gasteiger partial charge in [0.2, 0.25) is 5.82 Å². The molecule has 1 aromatic heterocycles. The topological polar surface area (TPSA) is 63.8 Å². The highest BCUT2D eigenvalue weighted by molar-refractivity contribution is 9.10. The minimum Gasteiger partial charge on any atom is -0.389 e. The molecule has 0 unspecified atom stereocenters. The van der Waals surface area contributed by atoms with Crippen LogP contribution >= 0.6 is 15.9 Å². The summed E-state index contributed by atoms with van der Waals surface area (Å²) in [7, 11) is 0. The van der Waals surface area contributed by atoms with Gasteiger partial charge >= 0.3 is 0 Å². The fraction of sp³-hybridized carbons (Fsp3) is 0.133. The molecule has 2 aromatic carbocycles. The second kappa shape index (κ2) is 5.75. The van der Waals surface area contributed by atoms with E-state index >= 15 is 0 Å². The summed E-state index contributed by atoms with van der Waals surface area (Å²) < 4.78 is 0.804. The van der Waals surface area contributed by atoms with Crippen molar-refractivity contribution in [3.05, 3.63) is 58.6 Å². The van der Waals surface area contributed by atoms with E-state index in [1.165, 1.54) is 4.80 Å². The van der Waals surface area contributed by atoms with Gasteiger partial charge in [-0.25, -0.2) is 0 Å². The number of hydrogen-bond donors (Lipinski definition) is 1. The van der Waals surface area contributed by atoms with E-state index in [1.807, 2.05) is 48.5 Å². The van der Waals surface area contributed by atoms with E-state index in [0.717, 1.165) is 21.3 Å². The number of aliphatic hydroxyl groups is 1. The van der Waals surface area contributed by atoms with Crippen LogP contribution in [0.1, 0.15) is 18.6 Å². The molecule has 0 bridgehead atoms. The van der Waals surface area contributed by atoms with Crippen LogP contribution in [0.4, 0.5) is 0 Å². The van der Waals surface area contributed by atoms with Crippen LogP contribution in [0.3, 0.4) is 0 Å². The third-order valence-corrected chi connectivity index (χ3v) is 3.75. The number of rotatable bonds is 3. The fourth-order valence-corrected chi connectivity index (χ4v) is 2.52. The van der Waals surface area contributed by atoms with Gasteiger partial charge in [-0.1, -0.05) is 36.4 Å². The van der Waals surface area contributed by atoms with E-state index in [2.05, 4.69) is 31.3 Å². The maximum Gasteiger partial charge on any atom is 0.205 e. The number of tetrazole rings is 1. The normalized spacial score (nSPS) is 12.3. The minimum absolute atomic E-state index is 0.515. The lowest BCUT2D eigenvalue weighted by molar-refractivity contribution is 0.199. The average Bonchev–Trinajstić information content (AvgIpc) is 2.97. The molecule has 0 saturated carbocycles. The zero-order valence-electron chi connectivity index (χ0n) is 11.3. The molecule has 1 N–H and O–H groups in total. The van der Waals surface area contributed by atoms with Crippen molar-refractivity contribution in [3.8, 4) is 17.1 Å². The zero-order chi connectivity index (χ0) is 14.8. The summed E-state index contributed by atoms with van der Waals surface area (Å²) >= 11 is 3.48. The highest BCUT2D eigenvalue weighted by Gasteiger charge is 2.11. The summed E-state index contributed by atoms with van der Waals surface area (Å²) in [5.41, 5.74) is 2.52. The van der Waals surface area contributed by atoms with E-state index < -0.39 is 6.10 Å². The molecular weight excluding hydrogens is 332 g/mol. The van der Waals surface area contributed by atoms with Crippen LogP contribution in [0, 0.1) is 0 Å². The summed E-state index contributed by atoms with van der Waals surface area (Å²) in [5, 5.41) is 22.1. The molecule has 6 heteroatoms. The molecule has 0 aliphatic carbocycles. The Kier molecular flexibility index (Phi) is 3.81. The number of benzene rings is 2. The summed E-state index contributed by atoms with van der Waals surface area (Å²) in [6.07, 6.45) is -0.515. The first kappa shape index (κ1) is 13.9. The van der Waals surface area contributed by atoms with Crippen LogP contribution in [0.15, 0.2) is 53.0 Å². The van der Waals surface area contributed by atoms with Gasteiger partial charge in [-0.15, -0.1) is 15.0 Å². The molecule has 0 spiro atoms. The summed E-state index contributed by atoms with van der Waals surface area (Å²) in [6.45, 7) is 1.72. The first-order chi connectivity index (χ1) is 10.1. The Morgan fingerprint density at radius 1 is 1.14 bits per heavy atom. The van der Waals surface area contributed by atoms with Gasteiger partial charge < -0.3 is 5.11 Å². The molecular formula is C15H13BrN4O. The van der Waals surface area contributed by atoms with Crippen LogP contribution in [0.5, 0.6) is 0 Å². The molecule has 0 amide bonds. The molecule has 1 atom stereocenters. The second-order valence-electron chi connectivity index (χ2n) is 4.66. The molecule has 1 heterocycles. The van der Waals surface area contributed by atoms with Gasteiger partial charge in [0.1, 0.15) is 5.69 Å². The Bertz CT molecular complexity index is 755. The Morgan fingerprint density at radius 3 is 2.57 bits per heavy atom. The second-order valence-corrected chi connectivity index (χ2v) is 5.51. The summed E-state index contributed by atoms with van der Waals surface area (Å²) in [4.78, 5) is 1.47. The van der Waals surface area contributed by atoms with Crippen LogP contribution in [-0.4, -0.2) is 25.3 Å². The number of aliphatic hydroxyl groups excluding tert-OH is 1. The van der Waals surface area contributed by atoms with E-state index in [9.17, 15) is 5.11 Å². The lowest BCUT2D eigenvalue weighted by Crippen LogP contribution is -2.01. The maximum absolute atomic E-state index is 9.59. The number of nitrogens with zero attached hydrogens (tertiary/aromatic N) is 4. The average molecular weight is 345 g/mol. The van der Waals surface area contributed by atoms with Crippen LogP contribution in [0.2, 0.25) is 0 Å². The standard InChI is InChI=1S/C15H13BrN4O/c1-10(21)12-7-8-14(13(16)9-12)20-18-15(17-19-20)11-5-3-2-4-6-11/h2-10,21H,1H3/t10-/m0/s1. The van der Waals surface area contributed by atoms with Crippen LogP contribution in [0.25, 0.3) is 17.1 Å². The van der Waals surface area contributed by atoms with Crippen molar-refractivity contribution in [1.29, 1.82) is 0 Å².